The van der Waals surface area contributed by atoms with Gasteiger partial charge in [-0.1, -0.05) is 38.6 Å². The van der Waals surface area contributed by atoms with Crippen molar-refractivity contribution in [2.45, 2.75) is 69.5 Å². The van der Waals surface area contributed by atoms with Crippen molar-refractivity contribution in [2.75, 3.05) is 35.8 Å². The number of para-hydroxylation sites is 1. The van der Waals surface area contributed by atoms with Gasteiger partial charge in [0.05, 0.1) is 24.0 Å². The van der Waals surface area contributed by atoms with Crippen LogP contribution in [0.15, 0.2) is 40.7 Å². The van der Waals surface area contributed by atoms with Crippen molar-refractivity contribution in [3.05, 3.63) is 46.6 Å². The summed E-state index contributed by atoms with van der Waals surface area (Å²) in [4.78, 5) is 45.1. The van der Waals surface area contributed by atoms with Gasteiger partial charge in [-0.3, -0.25) is 14.2 Å². The lowest BCUT2D eigenvalue weighted by Gasteiger charge is -2.36. The number of benzene rings is 1. The van der Waals surface area contributed by atoms with Crippen LogP contribution in [0.3, 0.4) is 0 Å². The Morgan fingerprint density at radius 2 is 1.97 bits per heavy atom. The number of hydrogen-bond donors (Lipinski definition) is 0. The topological polar surface area (TPSA) is 93.5 Å². The minimum Gasteiger partial charge on any atom is -0.415 e. The van der Waals surface area contributed by atoms with Crippen LogP contribution in [-0.2, 0) is 11.0 Å². The van der Waals surface area contributed by atoms with E-state index in [0.717, 1.165) is 19.4 Å². The van der Waals surface area contributed by atoms with Gasteiger partial charge in [0, 0.05) is 31.9 Å². The van der Waals surface area contributed by atoms with E-state index in [1.807, 2.05) is 18.4 Å². The Morgan fingerprint density at radius 3 is 2.71 bits per heavy atom. The molecule has 1 fully saturated rings. The third-order valence-corrected chi connectivity index (χ3v) is 13.3. The molecule has 0 bridgehead atoms. The molecule has 9 nitrogen and oxygen atoms in total. The maximum absolute atomic E-state index is 13.9. The minimum atomic E-state index is -1.92. The van der Waals surface area contributed by atoms with Crippen molar-refractivity contribution >= 4 is 48.4 Å². The summed E-state index contributed by atoms with van der Waals surface area (Å²) in [6.45, 7) is 13.3. The Hall–Kier alpha value is -2.76. The number of aromatic nitrogens is 4. The van der Waals surface area contributed by atoms with Gasteiger partial charge < -0.3 is 14.2 Å². The van der Waals surface area contributed by atoms with E-state index < -0.39 is 8.32 Å². The van der Waals surface area contributed by atoms with Crippen molar-refractivity contribution in [1.29, 1.82) is 0 Å². The zero-order chi connectivity index (χ0) is 27.2. The van der Waals surface area contributed by atoms with Crippen molar-refractivity contribution in [3.63, 3.8) is 0 Å². The zero-order valence-electron chi connectivity index (χ0n) is 23.0. The lowest BCUT2D eigenvalue weighted by Crippen LogP contribution is -2.42. The molecule has 0 saturated carbocycles. The van der Waals surface area contributed by atoms with Crippen LogP contribution in [0.25, 0.3) is 10.9 Å². The van der Waals surface area contributed by atoms with E-state index in [1.54, 1.807) is 28.1 Å². The van der Waals surface area contributed by atoms with Crippen LogP contribution in [0, 0.1) is 0 Å². The summed E-state index contributed by atoms with van der Waals surface area (Å²) in [5.41, 5.74) is 1.53. The van der Waals surface area contributed by atoms with Gasteiger partial charge in [-0.25, -0.2) is 15.0 Å². The van der Waals surface area contributed by atoms with Gasteiger partial charge in [0.2, 0.25) is 0 Å². The lowest BCUT2D eigenvalue weighted by molar-refractivity contribution is 0.0988. The van der Waals surface area contributed by atoms with Crippen LogP contribution in [0.4, 0.5) is 11.5 Å². The van der Waals surface area contributed by atoms with E-state index in [-0.39, 0.29) is 22.5 Å². The summed E-state index contributed by atoms with van der Waals surface area (Å²) in [5.74, 6) is 0.542. The predicted octanol–water partition coefficient (Wildman–Crippen LogP) is 4.56. The highest BCUT2D eigenvalue weighted by Crippen LogP contribution is 2.37. The van der Waals surface area contributed by atoms with E-state index in [4.69, 9.17) is 14.4 Å². The average molecular weight is 553 g/mol. The standard InChI is InChI=1S/C27H36N6O3SSi/c1-27(2,3)38(5,6)36-14-13-31-17-29-22-19(24(31)34)10-7-11-21(22)33-16-18-9-8-12-32(18)23-20(25(33)35)15-28-26(30-23)37-4/h7,10-11,15,17-18H,8-9,12-14,16H2,1-6H3/t18-/m0/s1. The Labute approximate surface area is 228 Å². The number of carbonyl (C=O) groups excluding carboxylic acids is 1. The molecule has 2 aliphatic heterocycles. The van der Waals surface area contributed by atoms with Crippen molar-refractivity contribution in [2.24, 2.45) is 0 Å². The highest BCUT2D eigenvalue weighted by Gasteiger charge is 2.39. The minimum absolute atomic E-state index is 0.101. The quantitative estimate of drug-likeness (QED) is 0.250. The Kier molecular flexibility index (Phi) is 7.12. The Balaban J connectivity index is 1.49. The third-order valence-electron chi connectivity index (χ3n) is 8.17. The van der Waals surface area contributed by atoms with Gasteiger partial charge >= 0.3 is 0 Å². The first kappa shape index (κ1) is 26.8. The van der Waals surface area contributed by atoms with Gasteiger partial charge in [0.25, 0.3) is 11.5 Å². The van der Waals surface area contributed by atoms with Crippen molar-refractivity contribution in [3.8, 4) is 0 Å². The largest absolute Gasteiger partial charge is 0.415 e. The molecule has 0 unspecified atom stereocenters. The Bertz CT molecular complexity index is 1440. The number of amides is 1. The first-order valence-electron chi connectivity index (χ1n) is 13.1. The van der Waals surface area contributed by atoms with Crippen LogP contribution in [-0.4, -0.2) is 65.7 Å². The number of fused-ring (bicyclic) bond motifs is 4. The van der Waals surface area contributed by atoms with Crippen LogP contribution in [0.5, 0.6) is 0 Å². The molecule has 11 heteroatoms. The van der Waals surface area contributed by atoms with E-state index in [1.165, 1.54) is 11.8 Å². The normalized spacial score (nSPS) is 18.1. The molecule has 1 atom stereocenters. The Morgan fingerprint density at radius 1 is 1.18 bits per heavy atom. The summed E-state index contributed by atoms with van der Waals surface area (Å²) in [5, 5.41) is 1.25. The smallest absolute Gasteiger partial charge is 0.263 e. The third kappa shape index (κ3) is 4.75. The molecule has 0 spiro atoms. The molecule has 2 aromatic heterocycles. The first-order chi connectivity index (χ1) is 18.0. The van der Waals surface area contributed by atoms with Crippen LogP contribution >= 0.6 is 11.8 Å². The molecule has 3 aromatic rings. The second-order valence-corrected chi connectivity index (χ2v) is 17.1. The second-order valence-electron chi connectivity index (χ2n) is 11.5. The van der Waals surface area contributed by atoms with Gasteiger partial charge in [-0.15, -0.1) is 0 Å². The number of anilines is 2. The summed E-state index contributed by atoms with van der Waals surface area (Å²) in [7, 11) is -1.92. The molecule has 202 valence electrons. The molecule has 1 amide bonds. The summed E-state index contributed by atoms with van der Waals surface area (Å²) in [6.07, 6.45) is 7.16. The van der Waals surface area contributed by atoms with Gasteiger partial charge in [0.15, 0.2) is 13.5 Å². The lowest BCUT2D eigenvalue weighted by atomic mass is 10.1. The number of hydrogen-bond acceptors (Lipinski definition) is 8. The van der Waals surface area contributed by atoms with E-state index in [9.17, 15) is 9.59 Å². The molecule has 1 saturated heterocycles. The summed E-state index contributed by atoms with van der Waals surface area (Å²) >= 11 is 1.47. The number of thioether (sulfide) groups is 1. The molecule has 2 aliphatic rings. The van der Waals surface area contributed by atoms with Crippen molar-refractivity contribution in [1.82, 2.24) is 19.5 Å². The van der Waals surface area contributed by atoms with Crippen LogP contribution in [0.1, 0.15) is 44.0 Å². The van der Waals surface area contributed by atoms with Gasteiger partial charge in [0.1, 0.15) is 16.9 Å². The second kappa shape index (κ2) is 10.1. The fourth-order valence-corrected chi connectivity index (χ4v) is 6.31. The molecular formula is C27H36N6O3SSi. The van der Waals surface area contributed by atoms with Crippen molar-refractivity contribution < 1.29 is 9.22 Å². The highest BCUT2D eigenvalue weighted by molar-refractivity contribution is 7.98. The van der Waals surface area contributed by atoms with Crippen LogP contribution in [0.2, 0.25) is 18.1 Å². The SMILES string of the molecule is CSc1ncc2c(n1)N1CCC[C@H]1CN(c1cccc3c(=O)n(CCO[Si](C)(C)C(C)(C)C)cnc13)C2=O. The molecule has 1 aromatic carbocycles. The molecule has 0 radical (unpaired) electrons. The van der Waals surface area contributed by atoms with Gasteiger partial charge in [-0.2, -0.15) is 0 Å². The van der Waals surface area contributed by atoms with Crippen LogP contribution < -0.4 is 15.4 Å². The maximum atomic E-state index is 13.9. The van der Waals surface area contributed by atoms with E-state index >= 15 is 0 Å². The van der Waals surface area contributed by atoms with E-state index in [0.29, 0.717) is 52.8 Å². The zero-order valence-corrected chi connectivity index (χ0v) is 24.8. The number of rotatable bonds is 6. The summed E-state index contributed by atoms with van der Waals surface area (Å²) < 4.78 is 7.89. The molecule has 5 rings (SSSR count). The van der Waals surface area contributed by atoms with Gasteiger partial charge in [-0.05, 0) is 49.4 Å². The molecule has 0 N–H and O–H groups in total. The van der Waals surface area contributed by atoms with E-state index in [2.05, 4.69) is 43.7 Å². The first-order valence-corrected chi connectivity index (χ1v) is 17.3. The summed E-state index contributed by atoms with van der Waals surface area (Å²) in [6, 6.07) is 5.63. The molecular weight excluding hydrogens is 516 g/mol. The monoisotopic (exact) mass is 552 g/mol. The molecule has 4 heterocycles. The maximum Gasteiger partial charge on any atom is 0.263 e. The number of carbonyl (C=O) groups is 1. The average Bonchev–Trinajstić information content (AvgIpc) is 3.31. The predicted molar refractivity (Wildman–Crippen MR) is 155 cm³/mol. The fraction of sp³-hybridized carbons (Fsp3) is 0.519. The molecule has 38 heavy (non-hydrogen) atoms. The highest BCUT2D eigenvalue weighted by atomic mass is 32.2. The molecule has 0 aliphatic carbocycles. The number of nitrogens with zero attached hydrogens (tertiary/aromatic N) is 6. The fourth-order valence-electron chi connectivity index (χ4n) is 4.94.